The van der Waals surface area contributed by atoms with E-state index in [0.29, 0.717) is 42.1 Å². The molecule has 2 heterocycles. The van der Waals surface area contributed by atoms with Crippen molar-refractivity contribution in [3.05, 3.63) is 113 Å². The first-order chi connectivity index (χ1) is 20.1. The second kappa shape index (κ2) is 10.7. The lowest BCUT2D eigenvalue weighted by Gasteiger charge is -2.15. The molecular weight excluding hydrogens is 554 g/mol. The molecule has 1 aliphatic rings. The molecule has 0 bridgehead atoms. The summed E-state index contributed by atoms with van der Waals surface area (Å²) in [5.74, 6) is -0.0340. The Morgan fingerprint density at radius 3 is 2.24 bits per heavy atom. The third-order valence-electron chi connectivity index (χ3n) is 7.59. The molecule has 42 heavy (non-hydrogen) atoms. The van der Waals surface area contributed by atoms with E-state index in [-0.39, 0.29) is 0 Å². The second-order valence-electron chi connectivity index (χ2n) is 10.7. The lowest BCUT2D eigenvalue weighted by molar-refractivity contribution is -0.121. The third-order valence-corrected chi connectivity index (χ3v) is 8.14. The fourth-order valence-electron chi connectivity index (χ4n) is 5.17. The van der Waals surface area contributed by atoms with Gasteiger partial charge in [-0.1, -0.05) is 89.2 Å². The fourth-order valence-corrected chi connectivity index (χ4v) is 5.71. The molecule has 0 aliphatic heterocycles. The molecule has 1 atom stereocenters. The first-order valence-corrected chi connectivity index (χ1v) is 15.3. The highest BCUT2D eigenvalue weighted by molar-refractivity contribution is 7.89. The molecule has 11 heteroatoms. The lowest BCUT2D eigenvalue weighted by Crippen LogP contribution is -2.38. The van der Waals surface area contributed by atoms with Crippen LogP contribution >= 0.6 is 0 Å². The minimum atomic E-state index is -3.62. The molecule has 1 amide bonds. The van der Waals surface area contributed by atoms with Crippen LogP contribution in [0.2, 0.25) is 0 Å². The molecule has 1 aliphatic carbocycles. The lowest BCUT2D eigenvalue weighted by atomic mass is 9.93. The highest BCUT2D eigenvalue weighted by Crippen LogP contribution is 2.49. The number of sulfonamides is 1. The molecule has 0 radical (unpaired) electrons. The van der Waals surface area contributed by atoms with E-state index in [1.165, 1.54) is 0 Å². The Labute approximate surface area is 243 Å². The molecular formula is C31H29N5O5S. The zero-order valence-corrected chi connectivity index (χ0v) is 23.9. The standard InChI is InChI=1S/C31H29N5O5S/c1-20-27(28(37)26-19-36(35-32-26)18-21-6-4-3-5-7-21)29(41-33-20)24-10-8-22(9-11-24)23-12-14-25(15-13-23)31(16-17-31)30(38)34-42(2,39)40/h3-15,19,28,37H,16-18H2,1-2H3,(H,34,38). The van der Waals surface area contributed by atoms with Gasteiger partial charge in [0.1, 0.15) is 11.8 Å². The van der Waals surface area contributed by atoms with Gasteiger partial charge in [-0.2, -0.15) is 0 Å². The number of aryl methyl sites for hydroxylation is 1. The quantitative estimate of drug-likeness (QED) is 0.264. The van der Waals surface area contributed by atoms with Crippen LogP contribution in [0.1, 0.15) is 47.0 Å². The largest absolute Gasteiger partial charge is 0.382 e. The number of aliphatic hydroxyl groups is 1. The Balaban J connectivity index is 1.20. The summed E-state index contributed by atoms with van der Waals surface area (Å²) in [4.78, 5) is 12.6. The molecule has 2 aromatic heterocycles. The van der Waals surface area contributed by atoms with Crippen LogP contribution in [0.25, 0.3) is 22.5 Å². The number of rotatable bonds is 9. The number of benzene rings is 3. The average Bonchev–Trinajstić information content (AvgIpc) is 3.52. The van der Waals surface area contributed by atoms with E-state index in [1.54, 1.807) is 17.8 Å². The van der Waals surface area contributed by atoms with E-state index in [9.17, 15) is 18.3 Å². The molecule has 2 N–H and O–H groups in total. The molecule has 0 saturated heterocycles. The van der Waals surface area contributed by atoms with Crippen LogP contribution in [-0.4, -0.2) is 45.8 Å². The van der Waals surface area contributed by atoms with E-state index in [1.807, 2.05) is 78.9 Å². The minimum absolute atomic E-state index is 0.397. The van der Waals surface area contributed by atoms with Crippen LogP contribution in [0.3, 0.4) is 0 Å². The highest BCUT2D eigenvalue weighted by Gasteiger charge is 2.52. The fraction of sp³-hybridized carbons (Fsp3) is 0.226. The van der Waals surface area contributed by atoms with Crippen molar-refractivity contribution in [2.45, 2.75) is 37.8 Å². The van der Waals surface area contributed by atoms with E-state index in [2.05, 4.69) is 20.2 Å². The SMILES string of the molecule is Cc1noc(-c2ccc(-c3ccc(C4(C(=O)NS(C)(=O)=O)CC4)cc3)cc2)c1C(O)c1cn(Cc2ccccc2)nn1. The van der Waals surface area contributed by atoms with Crippen LogP contribution in [-0.2, 0) is 26.8 Å². The molecule has 1 fully saturated rings. The van der Waals surface area contributed by atoms with E-state index in [0.717, 1.165) is 34.1 Å². The van der Waals surface area contributed by atoms with Crippen molar-refractivity contribution >= 4 is 15.9 Å². The molecule has 6 rings (SSSR count). The van der Waals surface area contributed by atoms with Gasteiger partial charge in [-0.25, -0.2) is 13.1 Å². The summed E-state index contributed by atoms with van der Waals surface area (Å²) in [5.41, 5.74) is 5.19. The van der Waals surface area contributed by atoms with Crippen LogP contribution in [0, 0.1) is 6.92 Å². The molecule has 1 saturated carbocycles. The number of nitrogens with one attached hydrogen (secondary N) is 1. The smallest absolute Gasteiger partial charge is 0.244 e. The minimum Gasteiger partial charge on any atom is -0.382 e. The summed E-state index contributed by atoms with van der Waals surface area (Å²) in [5, 5.41) is 23.7. The molecule has 10 nitrogen and oxygen atoms in total. The second-order valence-corrected chi connectivity index (χ2v) is 12.4. The molecule has 3 aromatic carbocycles. The van der Waals surface area contributed by atoms with E-state index < -0.39 is 27.4 Å². The van der Waals surface area contributed by atoms with Crippen molar-refractivity contribution in [1.29, 1.82) is 0 Å². The van der Waals surface area contributed by atoms with Crippen LogP contribution in [0.5, 0.6) is 0 Å². The Hall–Kier alpha value is -4.61. The van der Waals surface area contributed by atoms with Gasteiger partial charge in [0.2, 0.25) is 15.9 Å². The number of carbonyl (C=O) groups excluding carboxylic acids is 1. The van der Waals surface area contributed by atoms with E-state index in [4.69, 9.17) is 4.52 Å². The maximum absolute atomic E-state index is 12.6. The van der Waals surface area contributed by atoms with Crippen molar-refractivity contribution in [3.63, 3.8) is 0 Å². The molecule has 1 unspecified atom stereocenters. The Bertz CT molecular complexity index is 1840. The summed E-state index contributed by atoms with van der Waals surface area (Å²) in [6.45, 7) is 2.31. The zero-order valence-electron chi connectivity index (χ0n) is 23.1. The van der Waals surface area contributed by atoms with Crippen molar-refractivity contribution in [3.8, 4) is 22.5 Å². The van der Waals surface area contributed by atoms with Crippen molar-refractivity contribution in [1.82, 2.24) is 24.9 Å². The summed E-state index contributed by atoms with van der Waals surface area (Å²) in [6, 6.07) is 25.1. The zero-order chi connectivity index (χ0) is 29.5. The summed E-state index contributed by atoms with van der Waals surface area (Å²) < 4.78 is 32.5. The number of hydrogen-bond acceptors (Lipinski definition) is 8. The third kappa shape index (κ3) is 5.48. The normalized spacial score (nSPS) is 14.8. The van der Waals surface area contributed by atoms with Gasteiger partial charge in [0.15, 0.2) is 5.76 Å². The summed E-state index contributed by atoms with van der Waals surface area (Å²) in [6.07, 6.45) is 2.84. The average molecular weight is 584 g/mol. The first kappa shape index (κ1) is 27.6. The number of carbonyl (C=O) groups is 1. The summed E-state index contributed by atoms with van der Waals surface area (Å²) >= 11 is 0. The van der Waals surface area contributed by atoms with Gasteiger partial charge in [-0.15, -0.1) is 5.10 Å². The van der Waals surface area contributed by atoms with Gasteiger partial charge in [0.25, 0.3) is 0 Å². The van der Waals surface area contributed by atoms with Gasteiger partial charge in [0.05, 0.1) is 35.7 Å². The Morgan fingerprint density at radius 2 is 1.62 bits per heavy atom. The molecule has 5 aromatic rings. The Kier molecular flexibility index (Phi) is 6.99. The van der Waals surface area contributed by atoms with Gasteiger partial charge >= 0.3 is 0 Å². The number of aliphatic hydroxyl groups excluding tert-OH is 1. The number of hydrogen-bond donors (Lipinski definition) is 2. The topological polar surface area (TPSA) is 140 Å². The van der Waals surface area contributed by atoms with Gasteiger partial charge in [-0.05, 0) is 42.0 Å². The monoisotopic (exact) mass is 583 g/mol. The van der Waals surface area contributed by atoms with Crippen LogP contribution in [0.4, 0.5) is 0 Å². The first-order valence-electron chi connectivity index (χ1n) is 13.4. The van der Waals surface area contributed by atoms with Crippen molar-refractivity contribution in [2.75, 3.05) is 6.26 Å². The summed E-state index contributed by atoms with van der Waals surface area (Å²) in [7, 11) is -3.62. The van der Waals surface area contributed by atoms with Gasteiger partial charge in [-0.3, -0.25) is 9.52 Å². The molecule has 214 valence electrons. The molecule has 0 spiro atoms. The van der Waals surface area contributed by atoms with Crippen molar-refractivity contribution < 1.29 is 22.8 Å². The van der Waals surface area contributed by atoms with Crippen LogP contribution < -0.4 is 4.72 Å². The number of amides is 1. The maximum atomic E-state index is 12.6. The predicted octanol–water partition coefficient (Wildman–Crippen LogP) is 4.15. The number of aromatic nitrogens is 4. The van der Waals surface area contributed by atoms with E-state index >= 15 is 0 Å². The van der Waals surface area contributed by atoms with Crippen LogP contribution in [0.15, 0.2) is 89.6 Å². The number of nitrogens with zero attached hydrogens (tertiary/aromatic N) is 4. The predicted molar refractivity (Wildman–Crippen MR) is 156 cm³/mol. The van der Waals surface area contributed by atoms with Gasteiger partial charge in [0, 0.05) is 5.56 Å². The maximum Gasteiger partial charge on any atom is 0.244 e. The van der Waals surface area contributed by atoms with Crippen molar-refractivity contribution in [2.24, 2.45) is 0 Å². The van der Waals surface area contributed by atoms with Gasteiger partial charge < -0.3 is 9.63 Å². The Morgan fingerprint density at radius 1 is 1.00 bits per heavy atom. The highest BCUT2D eigenvalue weighted by atomic mass is 32.2.